The van der Waals surface area contributed by atoms with Gasteiger partial charge in [-0.1, -0.05) is 13.0 Å². The first kappa shape index (κ1) is 23.9. The Balaban J connectivity index is 2.10. The molecule has 1 fully saturated rings. The van der Waals surface area contributed by atoms with Gasteiger partial charge >= 0.3 is 0 Å². The molecule has 0 bridgehead atoms. The molecule has 0 spiro atoms. The molecule has 0 unspecified atom stereocenters. The van der Waals surface area contributed by atoms with Gasteiger partial charge in [-0.15, -0.1) is 0 Å². The Labute approximate surface area is 195 Å². The Bertz CT molecular complexity index is 1230. The number of aliphatic hydroxyl groups excluding tert-OH is 3. The molecule has 182 valence electrons. The summed E-state index contributed by atoms with van der Waals surface area (Å²) in [5, 5.41) is 55.9. The molecule has 4 rings (SSSR count). The monoisotopic (exact) mass is 472 g/mol. The van der Waals surface area contributed by atoms with Crippen LogP contribution in [0.25, 0.3) is 5.76 Å². The second-order valence-electron chi connectivity index (χ2n) is 9.70. The molecule has 0 heterocycles. The number of Topliss-reactive ketones (excluding diaryl/α,β-unsaturated/α-hetero) is 2. The van der Waals surface area contributed by atoms with Crippen molar-refractivity contribution in [3.63, 3.8) is 0 Å². The third-order valence-electron chi connectivity index (χ3n) is 7.62. The van der Waals surface area contributed by atoms with E-state index in [1.54, 1.807) is 26.8 Å². The van der Waals surface area contributed by atoms with Crippen molar-refractivity contribution >= 4 is 23.2 Å². The highest BCUT2D eigenvalue weighted by Crippen LogP contribution is 2.56. The number of aliphatic hydroxyl groups is 4. The van der Waals surface area contributed by atoms with Crippen LogP contribution in [0.2, 0.25) is 0 Å². The summed E-state index contributed by atoms with van der Waals surface area (Å²) >= 11 is 0. The summed E-state index contributed by atoms with van der Waals surface area (Å²) < 4.78 is 0. The fourth-order valence-electron chi connectivity index (χ4n) is 6.19. The van der Waals surface area contributed by atoms with Gasteiger partial charge < -0.3 is 31.3 Å². The predicted molar refractivity (Wildman–Crippen MR) is 120 cm³/mol. The lowest BCUT2D eigenvalue weighted by molar-refractivity contribution is -0.169. The first-order valence-corrected chi connectivity index (χ1v) is 10.8. The quantitative estimate of drug-likeness (QED) is 0.326. The van der Waals surface area contributed by atoms with Crippen molar-refractivity contribution in [2.75, 3.05) is 14.1 Å². The van der Waals surface area contributed by atoms with Gasteiger partial charge in [-0.3, -0.25) is 19.3 Å². The van der Waals surface area contributed by atoms with Crippen LogP contribution >= 0.6 is 0 Å². The molecule has 0 aliphatic heterocycles. The molecule has 1 saturated carbocycles. The highest BCUT2D eigenvalue weighted by atomic mass is 16.4. The minimum absolute atomic E-state index is 0.00786. The van der Waals surface area contributed by atoms with Crippen LogP contribution in [0.15, 0.2) is 23.0 Å². The van der Waals surface area contributed by atoms with E-state index >= 15 is 0 Å². The molecule has 1 amide bonds. The van der Waals surface area contributed by atoms with E-state index in [1.807, 2.05) is 0 Å². The Hall–Kier alpha value is -3.21. The molecule has 0 radical (unpaired) electrons. The number of aromatic hydroxyl groups is 1. The van der Waals surface area contributed by atoms with Gasteiger partial charge in [0.2, 0.25) is 5.78 Å². The van der Waals surface area contributed by atoms with Gasteiger partial charge in [0.15, 0.2) is 11.4 Å². The van der Waals surface area contributed by atoms with Crippen LogP contribution in [0.5, 0.6) is 5.75 Å². The fraction of sp³-hybridized carbons (Fsp3) is 0.458. The van der Waals surface area contributed by atoms with E-state index in [4.69, 9.17) is 5.73 Å². The SMILES string of the molecule is Cc1cc(C)c2c(c1O)C(O)=C1C(=O)[C@@]3(O)C(O)=C(C(N)=O)C(=O)[C@H](N(C)C)[C@H]3[C@H](O)[C@H]1[C@@H]2C. The highest BCUT2D eigenvalue weighted by Gasteiger charge is 2.68. The van der Waals surface area contributed by atoms with Crippen LogP contribution in [0.1, 0.15) is 35.1 Å². The molecular weight excluding hydrogens is 444 g/mol. The number of rotatable bonds is 2. The molecule has 1 aromatic rings. The van der Waals surface area contributed by atoms with Gasteiger partial charge in [0.25, 0.3) is 5.91 Å². The number of primary amides is 1. The van der Waals surface area contributed by atoms with E-state index in [2.05, 4.69) is 0 Å². The number of nitrogens with two attached hydrogens (primary N) is 1. The summed E-state index contributed by atoms with van der Waals surface area (Å²) in [6.45, 7) is 5.10. The second-order valence-corrected chi connectivity index (χ2v) is 9.70. The van der Waals surface area contributed by atoms with Crippen molar-refractivity contribution in [1.29, 1.82) is 0 Å². The lowest BCUT2D eigenvalue weighted by atomic mass is 9.54. The molecule has 3 aliphatic carbocycles. The second kappa shape index (κ2) is 7.39. The van der Waals surface area contributed by atoms with Crippen LogP contribution < -0.4 is 5.73 Å². The summed E-state index contributed by atoms with van der Waals surface area (Å²) in [7, 11) is 2.93. The van der Waals surface area contributed by atoms with Crippen LogP contribution in [0, 0.1) is 25.7 Å². The molecule has 34 heavy (non-hydrogen) atoms. The number of likely N-dealkylation sites (N-methyl/N-ethyl adjacent to an activating group) is 1. The number of hydrogen-bond donors (Lipinski definition) is 6. The maximum Gasteiger partial charge on any atom is 0.255 e. The predicted octanol–water partition coefficient (Wildman–Crippen LogP) is 0.113. The standard InChI is InChI=1S/C24H28N2O8/c1-7-6-8(2)17(27)12-10(7)9(3)11-13(18(12)28)21(31)24(34)15(19(11)29)16(26(4)5)20(30)14(22(24)32)23(25)33/h6,9,11,15-16,19,27-29,32,34H,1-5H3,(H2,25,33)/t9-,11+,15+,16-,19-,24-/m1/s1. The number of benzene rings is 1. The summed E-state index contributed by atoms with van der Waals surface area (Å²) in [5.74, 6) is -8.82. The third-order valence-corrected chi connectivity index (χ3v) is 7.62. The van der Waals surface area contributed by atoms with E-state index in [-0.39, 0.29) is 11.3 Å². The van der Waals surface area contributed by atoms with Gasteiger partial charge in [0, 0.05) is 11.5 Å². The summed E-state index contributed by atoms with van der Waals surface area (Å²) in [5.41, 5.74) is 2.75. The van der Waals surface area contributed by atoms with Crippen LogP contribution in [0.3, 0.4) is 0 Å². The van der Waals surface area contributed by atoms with Crippen LogP contribution in [-0.2, 0) is 14.4 Å². The number of carbonyl (C=O) groups is 3. The molecule has 10 heteroatoms. The lowest BCUT2D eigenvalue weighted by Crippen LogP contribution is -2.70. The van der Waals surface area contributed by atoms with E-state index in [1.165, 1.54) is 19.0 Å². The molecule has 7 N–H and O–H groups in total. The van der Waals surface area contributed by atoms with Gasteiger partial charge in [-0.2, -0.15) is 0 Å². The van der Waals surface area contributed by atoms with Crippen LogP contribution in [-0.4, -0.2) is 79.7 Å². The zero-order valence-corrected chi connectivity index (χ0v) is 19.4. The van der Waals surface area contributed by atoms with Gasteiger partial charge in [-0.25, -0.2) is 0 Å². The molecule has 10 nitrogen and oxygen atoms in total. The number of ketones is 2. The third kappa shape index (κ3) is 2.70. The van der Waals surface area contributed by atoms with Crippen molar-refractivity contribution in [3.05, 3.63) is 45.2 Å². The number of nitrogens with zero attached hydrogens (tertiary/aromatic N) is 1. The van der Waals surface area contributed by atoms with Crippen molar-refractivity contribution in [2.45, 2.75) is 44.4 Å². The lowest BCUT2D eigenvalue weighted by Gasteiger charge is -2.53. The Kier molecular flexibility index (Phi) is 5.20. The number of phenolic OH excluding ortho intramolecular Hbond substituents is 1. The van der Waals surface area contributed by atoms with Crippen molar-refractivity contribution in [3.8, 4) is 5.75 Å². The Morgan fingerprint density at radius 1 is 1.12 bits per heavy atom. The number of amides is 1. The Morgan fingerprint density at radius 2 is 1.71 bits per heavy atom. The van der Waals surface area contributed by atoms with Crippen molar-refractivity contribution in [2.24, 2.45) is 17.6 Å². The number of fused-ring (bicyclic) bond motifs is 3. The number of aryl methyl sites for hydroxylation is 2. The molecule has 3 aliphatic rings. The highest BCUT2D eigenvalue weighted by molar-refractivity contribution is 6.24. The number of carbonyl (C=O) groups excluding carboxylic acids is 3. The average molecular weight is 472 g/mol. The minimum Gasteiger partial charge on any atom is -0.508 e. The largest absolute Gasteiger partial charge is 0.508 e. The summed E-state index contributed by atoms with van der Waals surface area (Å²) in [6.07, 6.45) is -1.60. The normalized spacial score (nSPS) is 33.1. The summed E-state index contributed by atoms with van der Waals surface area (Å²) in [6, 6.07) is 0.351. The first-order chi connectivity index (χ1) is 15.7. The minimum atomic E-state index is -2.90. The number of hydrogen-bond acceptors (Lipinski definition) is 9. The smallest absolute Gasteiger partial charge is 0.255 e. The van der Waals surface area contributed by atoms with Gasteiger partial charge in [0.05, 0.1) is 23.6 Å². The van der Waals surface area contributed by atoms with E-state index in [9.17, 15) is 39.9 Å². The molecule has 0 saturated heterocycles. The van der Waals surface area contributed by atoms with Crippen molar-refractivity contribution in [1.82, 2.24) is 4.90 Å². The zero-order valence-electron chi connectivity index (χ0n) is 19.4. The molecule has 0 aromatic heterocycles. The Morgan fingerprint density at radius 3 is 2.24 bits per heavy atom. The zero-order chi connectivity index (χ0) is 25.6. The van der Waals surface area contributed by atoms with E-state index in [0.29, 0.717) is 16.7 Å². The van der Waals surface area contributed by atoms with Crippen molar-refractivity contribution < 1.29 is 39.9 Å². The van der Waals surface area contributed by atoms with Gasteiger partial charge in [0.1, 0.15) is 22.8 Å². The summed E-state index contributed by atoms with van der Waals surface area (Å²) in [4.78, 5) is 40.3. The fourth-order valence-corrected chi connectivity index (χ4v) is 6.19. The van der Waals surface area contributed by atoms with Crippen LogP contribution in [0.4, 0.5) is 0 Å². The molecule has 1 aromatic carbocycles. The number of phenols is 1. The van der Waals surface area contributed by atoms with E-state index < -0.39 is 75.6 Å². The van der Waals surface area contributed by atoms with E-state index in [0.717, 1.165) is 0 Å². The molecular formula is C24H28N2O8. The first-order valence-electron chi connectivity index (χ1n) is 10.8. The average Bonchev–Trinajstić information content (AvgIpc) is 2.73. The maximum absolute atomic E-state index is 13.8. The molecule has 6 atom stereocenters. The topological polar surface area (TPSA) is 182 Å². The van der Waals surface area contributed by atoms with Gasteiger partial charge in [-0.05, 0) is 50.6 Å². The maximum atomic E-state index is 13.8.